The van der Waals surface area contributed by atoms with Gasteiger partial charge in [-0.2, -0.15) is 0 Å². The van der Waals surface area contributed by atoms with Crippen molar-refractivity contribution in [1.82, 2.24) is 0 Å². The highest BCUT2D eigenvalue weighted by molar-refractivity contribution is 14.1. The Bertz CT molecular complexity index is 1710. The Kier molecular flexibility index (Phi) is 6.76. The monoisotopic (exact) mass is 729 g/mol. The van der Waals surface area contributed by atoms with Crippen LogP contribution in [0.25, 0.3) is 0 Å². The molecule has 0 bridgehead atoms. The zero-order chi connectivity index (χ0) is 29.3. The van der Waals surface area contributed by atoms with Crippen molar-refractivity contribution in [3.8, 4) is 11.5 Å². The van der Waals surface area contributed by atoms with E-state index in [1.54, 1.807) is 12.1 Å². The summed E-state index contributed by atoms with van der Waals surface area (Å²) in [5.74, 6) is -5.38. The number of rotatable bonds is 4. The number of phenols is 1. The zero-order valence-electron chi connectivity index (χ0n) is 21.4. The van der Waals surface area contributed by atoms with E-state index >= 15 is 0 Å². The molecule has 0 saturated carbocycles. The summed E-state index contributed by atoms with van der Waals surface area (Å²) < 4.78 is 5.98. The average molecular weight is 730 g/mol. The highest BCUT2D eigenvalue weighted by Gasteiger charge is 2.56. The van der Waals surface area contributed by atoms with Gasteiger partial charge in [0, 0.05) is 23.1 Å². The third-order valence-corrected chi connectivity index (χ3v) is 9.70. The Morgan fingerprint density at radius 3 is 2.56 bits per heavy atom. The minimum Gasteiger partial charge on any atom is -0.504 e. The molecule has 9 nitrogen and oxygen atoms in total. The number of hydrogen-bond donors (Lipinski definition) is 2. The van der Waals surface area contributed by atoms with Crippen molar-refractivity contribution in [2.75, 3.05) is 12.0 Å². The molecule has 6 rings (SSSR count). The van der Waals surface area contributed by atoms with Crippen LogP contribution in [0.5, 0.6) is 11.5 Å². The Morgan fingerprint density at radius 2 is 1.85 bits per heavy atom. The van der Waals surface area contributed by atoms with Crippen LogP contribution in [-0.4, -0.2) is 46.7 Å². The summed E-state index contributed by atoms with van der Waals surface area (Å²) in [5.41, 5.74) is 2.08. The molecule has 1 aliphatic heterocycles. The van der Waals surface area contributed by atoms with Gasteiger partial charge in [-0.25, -0.2) is 4.79 Å². The first-order valence-electron chi connectivity index (χ1n) is 12.7. The molecule has 2 amide bonds. The fraction of sp³-hybridized carbons (Fsp3) is 0.233. The summed E-state index contributed by atoms with van der Waals surface area (Å²) >= 11 is 5.18. The molecule has 0 unspecified atom stereocenters. The second kappa shape index (κ2) is 10.1. The van der Waals surface area contributed by atoms with Crippen LogP contribution in [0.1, 0.15) is 34.7 Å². The number of fused-ring (bicyclic) bond motifs is 3. The third-order valence-electron chi connectivity index (χ3n) is 8.29. The number of halogens is 2. The van der Waals surface area contributed by atoms with Gasteiger partial charge in [0.2, 0.25) is 11.8 Å². The van der Waals surface area contributed by atoms with Gasteiger partial charge in [0.25, 0.3) is 0 Å². The maximum atomic E-state index is 14.0. The number of aromatic carboxylic acids is 1. The molecule has 2 aromatic carbocycles. The van der Waals surface area contributed by atoms with Gasteiger partial charge in [-0.15, -0.1) is 0 Å². The second-order valence-electron chi connectivity index (χ2n) is 10.3. The predicted octanol–water partition coefficient (Wildman–Crippen LogP) is 4.67. The average Bonchev–Trinajstić information content (AvgIpc) is 3.21. The van der Waals surface area contributed by atoms with Crippen molar-refractivity contribution in [1.29, 1.82) is 0 Å². The molecule has 3 aliphatic carbocycles. The lowest BCUT2D eigenvalue weighted by molar-refractivity contribution is -0.123. The van der Waals surface area contributed by atoms with Crippen LogP contribution in [-0.2, 0) is 19.2 Å². The van der Waals surface area contributed by atoms with Gasteiger partial charge in [-0.3, -0.25) is 24.1 Å². The van der Waals surface area contributed by atoms with E-state index in [1.165, 1.54) is 37.5 Å². The minimum absolute atomic E-state index is 0.0526. The topological polar surface area (TPSA) is 138 Å². The summed E-state index contributed by atoms with van der Waals surface area (Å²) in [5, 5.41) is 19.9. The van der Waals surface area contributed by atoms with E-state index in [0.717, 1.165) is 10.5 Å². The van der Waals surface area contributed by atoms with Crippen molar-refractivity contribution in [3.63, 3.8) is 0 Å². The van der Waals surface area contributed by atoms with E-state index in [4.69, 9.17) is 4.74 Å². The van der Waals surface area contributed by atoms with Crippen LogP contribution < -0.4 is 9.64 Å². The van der Waals surface area contributed by atoms with E-state index in [-0.39, 0.29) is 57.2 Å². The fourth-order valence-electron chi connectivity index (χ4n) is 6.53. The maximum absolute atomic E-state index is 14.0. The molecule has 1 fully saturated rings. The number of Topliss-reactive ketones (excluding diaryl/α,β-unsaturated/α-hetero) is 1. The highest BCUT2D eigenvalue weighted by atomic mass is 127. The summed E-state index contributed by atoms with van der Waals surface area (Å²) in [7, 11) is 1.42. The number of ketones is 2. The van der Waals surface area contributed by atoms with Crippen molar-refractivity contribution in [2.24, 2.45) is 17.8 Å². The molecule has 2 aromatic rings. The normalized spacial score (nSPS) is 25.4. The number of carbonyl (C=O) groups is 5. The standard InChI is InChI=1S/C30H21BrINO8/c1-41-22-9-13(8-20(32)27(22)36)23-15-5-6-16-24(17(15)10-18-25(23)21(34)11-19(31)26(18)35)29(38)33(28(16)37)14-4-2-3-12(7-14)30(39)40/h2-5,7-9,11,16-17,23-24,36H,6,10H2,1H3,(H,39,40)/t16-,17+,23-,24-/m0/s1. The first kappa shape index (κ1) is 27.6. The van der Waals surface area contributed by atoms with Crippen LogP contribution in [0, 0.1) is 21.3 Å². The van der Waals surface area contributed by atoms with Gasteiger partial charge >= 0.3 is 5.97 Å². The Labute approximate surface area is 255 Å². The van der Waals surface area contributed by atoms with Crippen molar-refractivity contribution in [2.45, 2.75) is 18.8 Å². The lowest BCUT2D eigenvalue weighted by atomic mass is 9.59. The number of aromatic hydroxyl groups is 1. The van der Waals surface area contributed by atoms with E-state index in [0.29, 0.717) is 14.7 Å². The quantitative estimate of drug-likeness (QED) is 0.201. The highest BCUT2D eigenvalue weighted by Crippen LogP contribution is 2.56. The molecule has 0 radical (unpaired) electrons. The summed E-state index contributed by atoms with van der Waals surface area (Å²) in [6.45, 7) is 0. The molecule has 1 saturated heterocycles. The molecule has 1 heterocycles. The maximum Gasteiger partial charge on any atom is 0.335 e. The Balaban J connectivity index is 1.49. The number of imide groups is 1. The van der Waals surface area contributed by atoms with Gasteiger partial charge in [0.1, 0.15) is 0 Å². The Hall–Kier alpha value is -3.58. The van der Waals surface area contributed by atoms with Crippen LogP contribution in [0.2, 0.25) is 0 Å². The molecule has 0 spiro atoms. The number of carbonyl (C=O) groups excluding carboxylic acids is 4. The van der Waals surface area contributed by atoms with E-state index < -0.39 is 41.5 Å². The molecular formula is C30H21BrINO8. The van der Waals surface area contributed by atoms with Crippen LogP contribution in [0.4, 0.5) is 5.69 Å². The number of ether oxygens (including phenoxy) is 1. The number of carboxylic acid groups (broad SMARTS) is 1. The SMILES string of the molecule is COc1cc([C@H]2C3=CC[C@@H]4C(=O)N(c5cccc(C(=O)O)c5)C(=O)[C@@H]4[C@@H]3CC3=C2C(=O)C=C(Br)C3=O)cc(I)c1O. The zero-order valence-corrected chi connectivity index (χ0v) is 25.1. The molecule has 0 aromatic heterocycles. The number of carboxylic acids is 1. The molecule has 4 atom stereocenters. The van der Waals surface area contributed by atoms with Gasteiger partial charge in [0.05, 0.1) is 38.2 Å². The Morgan fingerprint density at radius 1 is 1.10 bits per heavy atom. The third kappa shape index (κ3) is 4.19. The number of hydrogen-bond acceptors (Lipinski definition) is 7. The lowest BCUT2D eigenvalue weighted by Gasteiger charge is -2.42. The van der Waals surface area contributed by atoms with Crippen LogP contribution >= 0.6 is 38.5 Å². The van der Waals surface area contributed by atoms with E-state index in [1.807, 2.05) is 28.7 Å². The number of allylic oxidation sites excluding steroid dienone is 6. The van der Waals surface area contributed by atoms with Gasteiger partial charge in [-0.1, -0.05) is 17.7 Å². The minimum atomic E-state index is -1.18. The number of phenolic OH excluding ortho intramolecular Hbond substituents is 1. The second-order valence-corrected chi connectivity index (χ2v) is 12.3. The smallest absolute Gasteiger partial charge is 0.335 e. The van der Waals surface area contributed by atoms with Crippen LogP contribution in [0.3, 0.4) is 0 Å². The summed E-state index contributed by atoms with van der Waals surface area (Å²) in [6.07, 6.45) is 3.48. The molecule has 11 heteroatoms. The summed E-state index contributed by atoms with van der Waals surface area (Å²) in [6, 6.07) is 9.03. The van der Waals surface area contributed by atoms with E-state index in [2.05, 4.69) is 15.9 Å². The van der Waals surface area contributed by atoms with Gasteiger partial charge in [0.15, 0.2) is 23.1 Å². The van der Waals surface area contributed by atoms with Crippen LogP contribution in [0.15, 0.2) is 69.8 Å². The van der Waals surface area contributed by atoms with Crippen molar-refractivity contribution < 1.29 is 38.9 Å². The fourth-order valence-corrected chi connectivity index (χ4v) is 7.61. The molecule has 2 N–H and O–H groups in total. The van der Waals surface area contributed by atoms with Gasteiger partial charge in [-0.05, 0) is 93.2 Å². The first-order chi connectivity index (χ1) is 19.5. The molecule has 208 valence electrons. The number of nitrogens with zero attached hydrogens (tertiary/aromatic N) is 1. The van der Waals surface area contributed by atoms with Crippen molar-refractivity contribution >= 4 is 73.6 Å². The largest absolute Gasteiger partial charge is 0.504 e. The molecular weight excluding hydrogens is 709 g/mol. The number of amides is 2. The lowest BCUT2D eigenvalue weighted by Crippen LogP contribution is -2.39. The number of anilines is 1. The number of benzene rings is 2. The molecule has 41 heavy (non-hydrogen) atoms. The number of methoxy groups -OCH3 is 1. The molecule has 4 aliphatic rings. The summed E-state index contributed by atoms with van der Waals surface area (Å²) in [4.78, 5) is 67.0. The first-order valence-corrected chi connectivity index (χ1v) is 14.6. The van der Waals surface area contributed by atoms with E-state index in [9.17, 15) is 34.2 Å². The van der Waals surface area contributed by atoms with Crippen molar-refractivity contribution in [3.05, 3.63) is 84.4 Å². The van der Waals surface area contributed by atoms with Gasteiger partial charge < -0.3 is 14.9 Å². The predicted molar refractivity (Wildman–Crippen MR) is 158 cm³/mol.